The molecule has 2 aromatic rings. The Bertz CT molecular complexity index is 581. The Hall–Kier alpha value is -2.38. The molecule has 0 saturated heterocycles. The Morgan fingerprint density at radius 1 is 1.30 bits per heavy atom. The predicted molar refractivity (Wildman–Crippen MR) is 75.2 cm³/mol. The van der Waals surface area contributed by atoms with Gasteiger partial charge in [-0.1, -0.05) is 0 Å². The molecule has 8 heteroatoms. The van der Waals surface area contributed by atoms with Crippen molar-refractivity contribution in [3.05, 3.63) is 18.5 Å². The maximum Gasteiger partial charge on any atom is 0.242 e. The highest BCUT2D eigenvalue weighted by Crippen LogP contribution is 2.27. The summed E-state index contributed by atoms with van der Waals surface area (Å²) in [6.45, 7) is 5.78. The van der Waals surface area contributed by atoms with E-state index in [-0.39, 0.29) is 12.1 Å². The minimum atomic E-state index is -0.0911. The quantitative estimate of drug-likeness (QED) is 0.844. The van der Waals surface area contributed by atoms with Gasteiger partial charge in [0.15, 0.2) is 11.6 Å². The van der Waals surface area contributed by atoms with E-state index in [1.165, 1.54) is 6.33 Å². The van der Waals surface area contributed by atoms with Gasteiger partial charge in [0.05, 0.1) is 12.1 Å². The smallest absolute Gasteiger partial charge is 0.242 e. The molecular weight excluding hydrogens is 258 g/mol. The number of nitrogen functional groups attached to an aromatic ring is 1. The molecule has 20 heavy (non-hydrogen) atoms. The first-order valence-electron chi connectivity index (χ1n) is 6.36. The molecular formula is C12H19N7O. The van der Waals surface area contributed by atoms with Gasteiger partial charge in [-0.15, -0.1) is 10.2 Å². The maximum atomic E-state index is 6.02. The van der Waals surface area contributed by atoms with Crippen LogP contribution in [-0.4, -0.2) is 30.8 Å². The van der Waals surface area contributed by atoms with Crippen LogP contribution in [0.5, 0.6) is 5.88 Å². The molecule has 0 aliphatic heterocycles. The van der Waals surface area contributed by atoms with Gasteiger partial charge in [-0.3, -0.25) is 0 Å². The van der Waals surface area contributed by atoms with E-state index in [0.29, 0.717) is 17.4 Å². The van der Waals surface area contributed by atoms with Crippen LogP contribution in [0.2, 0.25) is 0 Å². The van der Waals surface area contributed by atoms with Crippen molar-refractivity contribution < 1.29 is 4.74 Å². The van der Waals surface area contributed by atoms with Gasteiger partial charge in [0.1, 0.15) is 18.3 Å². The first-order valence-corrected chi connectivity index (χ1v) is 6.36. The van der Waals surface area contributed by atoms with Crippen molar-refractivity contribution in [3.63, 3.8) is 0 Å². The van der Waals surface area contributed by atoms with Gasteiger partial charge in [-0.2, -0.15) is 4.98 Å². The molecule has 2 aromatic heterocycles. The number of rotatable bonds is 5. The summed E-state index contributed by atoms with van der Waals surface area (Å²) in [5.41, 5.74) is 6.40. The molecule has 0 aromatic carbocycles. The molecule has 2 rings (SSSR count). The molecule has 108 valence electrons. The Labute approximate surface area is 117 Å². The minimum Gasteiger partial charge on any atom is -0.473 e. The molecule has 0 saturated carbocycles. The molecule has 0 spiro atoms. The van der Waals surface area contributed by atoms with Crippen LogP contribution in [0.15, 0.2) is 12.7 Å². The summed E-state index contributed by atoms with van der Waals surface area (Å²) >= 11 is 0. The topological polar surface area (TPSA) is 104 Å². The fourth-order valence-electron chi connectivity index (χ4n) is 1.77. The zero-order valence-corrected chi connectivity index (χ0v) is 12.0. The minimum absolute atomic E-state index is 0.00351. The Morgan fingerprint density at radius 2 is 2.05 bits per heavy atom. The highest BCUT2D eigenvalue weighted by Gasteiger charge is 2.16. The number of hydrogen-bond donors (Lipinski definition) is 2. The van der Waals surface area contributed by atoms with Crippen LogP contribution < -0.4 is 15.8 Å². The average molecular weight is 277 g/mol. The van der Waals surface area contributed by atoms with Gasteiger partial charge in [-0.25, -0.2) is 4.98 Å². The van der Waals surface area contributed by atoms with Crippen LogP contribution in [0.3, 0.4) is 0 Å². The molecule has 0 aliphatic carbocycles. The molecule has 0 aliphatic rings. The van der Waals surface area contributed by atoms with Gasteiger partial charge in [0.25, 0.3) is 0 Å². The number of nitrogens with two attached hydrogens (primary N) is 1. The Morgan fingerprint density at radius 3 is 2.65 bits per heavy atom. The summed E-state index contributed by atoms with van der Waals surface area (Å²) < 4.78 is 7.37. The zero-order chi connectivity index (χ0) is 14.7. The lowest BCUT2D eigenvalue weighted by molar-refractivity contribution is 0.234. The molecule has 1 atom stereocenters. The number of nitrogens with zero attached hydrogens (tertiary/aromatic N) is 5. The van der Waals surface area contributed by atoms with Crippen LogP contribution >= 0.6 is 0 Å². The van der Waals surface area contributed by atoms with Crippen molar-refractivity contribution in [2.45, 2.75) is 32.9 Å². The number of aryl methyl sites for hydroxylation is 1. The monoisotopic (exact) mass is 277 g/mol. The van der Waals surface area contributed by atoms with E-state index >= 15 is 0 Å². The zero-order valence-electron chi connectivity index (χ0n) is 12.0. The lowest BCUT2D eigenvalue weighted by Crippen LogP contribution is -2.16. The number of hydrogen-bond acceptors (Lipinski definition) is 7. The first-order chi connectivity index (χ1) is 9.49. The Balaban J connectivity index is 2.19. The van der Waals surface area contributed by atoms with Crippen molar-refractivity contribution in [3.8, 4) is 5.88 Å². The molecule has 3 N–H and O–H groups in total. The average Bonchev–Trinajstić information content (AvgIpc) is 2.80. The second kappa shape index (κ2) is 5.72. The first kappa shape index (κ1) is 14.0. The largest absolute Gasteiger partial charge is 0.473 e. The predicted octanol–water partition coefficient (Wildman–Crippen LogP) is 1.15. The van der Waals surface area contributed by atoms with Crippen molar-refractivity contribution in [1.82, 2.24) is 24.7 Å². The Kier molecular flexibility index (Phi) is 4.02. The molecule has 8 nitrogen and oxygen atoms in total. The van der Waals surface area contributed by atoms with Crippen LogP contribution in [0.1, 0.15) is 32.6 Å². The van der Waals surface area contributed by atoms with E-state index in [2.05, 4.69) is 25.5 Å². The summed E-state index contributed by atoms with van der Waals surface area (Å²) in [6, 6.07) is -0.0911. The van der Waals surface area contributed by atoms with E-state index < -0.39 is 0 Å². The third-order valence-electron chi connectivity index (χ3n) is 2.68. The molecule has 2 heterocycles. The standard InChI is InChI=1S/C12H19N7O/c1-7(2)20-12-9(13)10(14-5-15-12)17-8(3)11-18-16-6-19(11)4/h5-8H,13H2,1-4H3,(H,14,15,17). The molecule has 0 bridgehead atoms. The summed E-state index contributed by atoms with van der Waals surface area (Å²) in [6.07, 6.45) is 3.06. The lowest BCUT2D eigenvalue weighted by Gasteiger charge is -2.17. The van der Waals surface area contributed by atoms with Gasteiger partial charge >= 0.3 is 0 Å². The van der Waals surface area contributed by atoms with Gasteiger partial charge in [-0.05, 0) is 20.8 Å². The fourth-order valence-corrected chi connectivity index (χ4v) is 1.77. The molecule has 0 radical (unpaired) electrons. The number of aromatic nitrogens is 5. The van der Waals surface area contributed by atoms with Gasteiger partial charge in [0, 0.05) is 7.05 Å². The molecule has 1 unspecified atom stereocenters. The number of anilines is 2. The fraction of sp³-hybridized carbons (Fsp3) is 0.500. The third-order valence-corrected chi connectivity index (χ3v) is 2.68. The SMILES string of the molecule is CC(C)Oc1ncnc(NC(C)c2nncn2C)c1N. The van der Waals surface area contributed by atoms with Crippen molar-refractivity contribution in [2.24, 2.45) is 7.05 Å². The van der Waals surface area contributed by atoms with Crippen molar-refractivity contribution in [1.29, 1.82) is 0 Å². The van der Waals surface area contributed by atoms with Crippen LogP contribution in [-0.2, 0) is 7.05 Å². The summed E-state index contributed by atoms with van der Waals surface area (Å²) in [5.74, 6) is 1.68. The van der Waals surface area contributed by atoms with Gasteiger partial charge < -0.3 is 20.4 Å². The second-order valence-corrected chi connectivity index (χ2v) is 4.77. The molecule has 0 amide bonds. The van der Waals surface area contributed by atoms with E-state index in [1.807, 2.05) is 32.4 Å². The van der Waals surface area contributed by atoms with Crippen LogP contribution in [0.4, 0.5) is 11.5 Å². The van der Waals surface area contributed by atoms with E-state index in [9.17, 15) is 0 Å². The third kappa shape index (κ3) is 2.95. The number of ether oxygens (including phenoxy) is 1. The summed E-state index contributed by atoms with van der Waals surface area (Å²) in [4.78, 5) is 8.18. The van der Waals surface area contributed by atoms with Crippen molar-refractivity contribution in [2.75, 3.05) is 11.1 Å². The van der Waals surface area contributed by atoms with Gasteiger partial charge in [0.2, 0.25) is 5.88 Å². The van der Waals surface area contributed by atoms with Crippen LogP contribution in [0, 0.1) is 0 Å². The van der Waals surface area contributed by atoms with E-state index in [4.69, 9.17) is 10.5 Å². The highest BCUT2D eigenvalue weighted by molar-refractivity contribution is 5.66. The number of nitrogens with one attached hydrogen (secondary N) is 1. The second-order valence-electron chi connectivity index (χ2n) is 4.77. The lowest BCUT2D eigenvalue weighted by atomic mass is 10.3. The molecule has 0 fully saturated rings. The van der Waals surface area contributed by atoms with E-state index in [1.54, 1.807) is 6.33 Å². The normalized spacial score (nSPS) is 12.4. The maximum absolute atomic E-state index is 6.02. The van der Waals surface area contributed by atoms with Crippen LogP contribution in [0.25, 0.3) is 0 Å². The van der Waals surface area contributed by atoms with Crippen molar-refractivity contribution >= 4 is 11.5 Å². The van der Waals surface area contributed by atoms with E-state index in [0.717, 1.165) is 5.82 Å². The highest BCUT2D eigenvalue weighted by atomic mass is 16.5. The summed E-state index contributed by atoms with van der Waals surface area (Å²) in [7, 11) is 1.88. The summed E-state index contributed by atoms with van der Waals surface area (Å²) in [5, 5.41) is 11.1.